The fourth-order valence-corrected chi connectivity index (χ4v) is 4.35. The molecular weight excluding hydrogens is 460 g/mol. The van der Waals surface area contributed by atoms with E-state index in [9.17, 15) is 4.79 Å². The third-order valence-corrected chi connectivity index (χ3v) is 6.26. The normalized spacial score (nSPS) is 11.0. The number of pyridine rings is 1. The van der Waals surface area contributed by atoms with E-state index in [0.29, 0.717) is 12.1 Å². The van der Waals surface area contributed by atoms with Gasteiger partial charge in [-0.15, -0.1) is 0 Å². The number of hydrogen-bond donors (Lipinski definition) is 1. The summed E-state index contributed by atoms with van der Waals surface area (Å²) in [5, 5.41) is 7.49. The molecule has 0 saturated heterocycles. The van der Waals surface area contributed by atoms with Gasteiger partial charge in [-0.25, -0.2) is 4.98 Å². The summed E-state index contributed by atoms with van der Waals surface area (Å²) < 4.78 is 3.98. The number of benzene rings is 3. The summed E-state index contributed by atoms with van der Waals surface area (Å²) in [4.78, 5) is 21.3. The van der Waals surface area contributed by atoms with Gasteiger partial charge >= 0.3 is 0 Å². The lowest BCUT2D eigenvalue weighted by molar-refractivity contribution is 0.0951. The number of aromatic nitrogens is 5. The van der Waals surface area contributed by atoms with Crippen LogP contribution in [-0.4, -0.2) is 30.2 Å². The molecule has 0 atom stereocenters. The highest BCUT2D eigenvalue weighted by Gasteiger charge is 2.11. The van der Waals surface area contributed by atoms with Gasteiger partial charge in [0.25, 0.3) is 5.91 Å². The summed E-state index contributed by atoms with van der Waals surface area (Å²) in [7, 11) is 0. The van der Waals surface area contributed by atoms with Crippen LogP contribution in [0.5, 0.6) is 0 Å². The Morgan fingerprint density at radius 1 is 0.838 bits per heavy atom. The number of rotatable bonds is 7. The van der Waals surface area contributed by atoms with E-state index in [1.807, 2.05) is 76.1 Å². The molecule has 1 amide bonds. The molecule has 0 radical (unpaired) electrons. The largest absolute Gasteiger partial charge is 0.348 e. The average molecular weight is 485 g/mol. The highest BCUT2D eigenvalue weighted by molar-refractivity contribution is 5.97. The molecule has 3 heterocycles. The molecule has 0 unspecified atom stereocenters. The Balaban J connectivity index is 1.21. The maximum atomic E-state index is 12.7. The molecule has 6 aromatic rings. The fraction of sp³-hybridized carbons (Fsp3) is 0.0667. The van der Waals surface area contributed by atoms with E-state index in [2.05, 4.69) is 50.8 Å². The van der Waals surface area contributed by atoms with Crippen molar-refractivity contribution < 1.29 is 4.79 Å². The van der Waals surface area contributed by atoms with Crippen molar-refractivity contribution in [3.63, 3.8) is 0 Å². The van der Waals surface area contributed by atoms with Crippen LogP contribution in [0.15, 0.2) is 116 Å². The van der Waals surface area contributed by atoms with Gasteiger partial charge in [-0.3, -0.25) is 19.0 Å². The topological polar surface area (TPSA) is 77.6 Å². The fourth-order valence-electron chi connectivity index (χ4n) is 4.35. The van der Waals surface area contributed by atoms with Gasteiger partial charge in [0.1, 0.15) is 6.33 Å². The molecule has 0 spiro atoms. The van der Waals surface area contributed by atoms with Crippen LogP contribution in [0, 0.1) is 0 Å². The van der Waals surface area contributed by atoms with Crippen molar-refractivity contribution in [3.8, 4) is 16.8 Å². The first-order valence-corrected chi connectivity index (χ1v) is 12.0. The molecule has 180 valence electrons. The van der Waals surface area contributed by atoms with E-state index in [1.54, 1.807) is 18.7 Å². The van der Waals surface area contributed by atoms with Crippen molar-refractivity contribution in [2.45, 2.75) is 13.1 Å². The monoisotopic (exact) mass is 484 g/mol. The van der Waals surface area contributed by atoms with Gasteiger partial charge in [-0.1, -0.05) is 48.5 Å². The minimum atomic E-state index is -0.144. The smallest absolute Gasteiger partial charge is 0.251 e. The number of carbonyl (C=O) groups is 1. The number of hydrogen-bond acceptors (Lipinski definition) is 4. The van der Waals surface area contributed by atoms with E-state index in [4.69, 9.17) is 0 Å². The number of nitrogens with zero attached hydrogens (tertiary/aromatic N) is 5. The molecule has 0 saturated carbocycles. The Morgan fingerprint density at radius 2 is 1.73 bits per heavy atom. The van der Waals surface area contributed by atoms with Gasteiger partial charge < -0.3 is 5.32 Å². The van der Waals surface area contributed by atoms with E-state index in [1.165, 1.54) is 5.56 Å². The zero-order valence-electron chi connectivity index (χ0n) is 20.0. The number of carbonyl (C=O) groups excluding carboxylic acids is 1. The first-order chi connectivity index (χ1) is 18.2. The minimum absolute atomic E-state index is 0.144. The van der Waals surface area contributed by atoms with Crippen molar-refractivity contribution >= 4 is 16.9 Å². The lowest BCUT2D eigenvalue weighted by Gasteiger charge is -2.08. The number of fused-ring (bicyclic) bond motifs is 1. The summed E-state index contributed by atoms with van der Waals surface area (Å²) in [5.41, 5.74) is 7.54. The number of nitrogens with one attached hydrogen (secondary N) is 1. The Bertz CT molecular complexity index is 1670. The second-order valence-electron chi connectivity index (χ2n) is 8.82. The molecule has 37 heavy (non-hydrogen) atoms. The van der Waals surface area contributed by atoms with Crippen LogP contribution in [0.3, 0.4) is 0 Å². The molecule has 6 rings (SSSR count). The summed E-state index contributed by atoms with van der Waals surface area (Å²) in [6, 6.07) is 28.0. The summed E-state index contributed by atoms with van der Waals surface area (Å²) in [5.74, 6) is -0.144. The maximum absolute atomic E-state index is 12.7. The average Bonchev–Trinajstić information content (AvgIpc) is 3.60. The van der Waals surface area contributed by atoms with Gasteiger partial charge in [-0.05, 0) is 53.1 Å². The number of amides is 1. The summed E-state index contributed by atoms with van der Waals surface area (Å²) in [6.45, 7) is 1.15. The maximum Gasteiger partial charge on any atom is 0.251 e. The van der Waals surface area contributed by atoms with Crippen LogP contribution in [0.25, 0.3) is 27.8 Å². The van der Waals surface area contributed by atoms with Gasteiger partial charge in [0, 0.05) is 41.9 Å². The number of imidazole rings is 1. The Kier molecular flexibility index (Phi) is 6.01. The van der Waals surface area contributed by atoms with Crippen LogP contribution in [0.1, 0.15) is 21.5 Å². The predicted molar refractivity (Wildman–Crippen MR) is 143 cm³/mol. The Labute approximate surface area is 214 Å². The Hall–Kier alpha value is -5.04. The molecular formula is C30H24N6O. The first kappa shape index (κ1) is 22.4. The molecule has 7 nitrogen and oxygen atoms in total. The SMILES string of the molecule is O=C(NCc1cccnc1)c1ccc2c(c1)ncn2-c1cccc(-c2cnn(Cc3ccccc3)c2)c1. The van der Waals surface area contributed by atoms with Gasteiger partial charge in [0.2, 0.25) is 0 Å². The van der Waals surface area contributed by atoms with Crippen LogP contribution >= 0.6 is 0 Å². The standard InChI is InChI=1S/C30H24N6O/c37-30(32-17-23-8-5-13-31-16-23)25-11-12-29-28(15-25)33-21-36(29)27-10-4-9-24(14-27)26-18-34-35(20-26)19-22-6-2-1-3-7-22/h1-16,18,20-21H,17,19H2,(H,32,37). The second-order valence-corrected chi connectivity index (χ2v) is 8.82. The van der Waals surface area contributed by atoms with Crippen LogP contribution in [0.4, 0.5) is 0 Å². The van der Waals surface area contributed by atoms with Crippen molar-refractivity contribution in [3.05, 3.63) is 133 Å². The van der Waals surface area contributed by atoms with Crippen LogP contribution in [0.2, 0.25) is 0 Å². The zero-order valence-corrected chi connectivity index (χ0v) is 20.0. The highest BCUT2D eigenvalue weighted by atomic mass is 16.1. The van der Waals surface area contributed by atoms with Gasteiger partial charge in [-0.2, -0.15) is 5.10 Å². The lowest BCUT2D eigenvalue weighted by Crippen LogP contribution is -2.22. The minimum Gasteiger partial charge on any atom is -0.348 e. The molecule has 1 N–H and O–H groups in total. The highest BCUT2D eigenvalue weighted by Crippen LogP contribution is 2.25. The van der Waals surface area contributed by atoms with Gasteiger partial charge in [0.05, 0.1) is 23.8 Å². The summed E-state index contributed by atoms with van der Waals surface area (Å²) in [6.07, 6.45) is 9.21. The third kappa shape index (κ3) is 4.88. The van der Waals surface area contributed by atoms with Crippen molar-refractivity contribution in [1.82, 2.24) is 29.6 Å². The molecule has 0 bridgehead atoms. The Morgan fingerprint density at radius 3 is 2.59 bits per heavy atom. The quantitative estimate of drug-likeness (QED) is 0.335. The molecule has 0 fully saturated rings. The predicted octanol–water partition coefficient (Wildman–Crippen LogP) is 5.26. The lowest BCUT2D eigenvalue weighted by atomic mass is 10.1. The molecule has 0 aliphatic rings. The second kappa shape index (κ2) is 9.91. The van der Waals surface area contributed by atoms with Crippen molar-refractivity contribution in [2.75, 3.05) is 0 Å². The van der Waals surface area contributed by atoms with E-state index in [0.717, 1.165) is 40.0 Å². The molecule has 0 aliphatic carbocycles. The molecule has 7 heteroatoms. The molecule has 3 aromatic heterocycles. The summed E-state index contributed by atoms with van der Waals surface area (Å²) >= 11 is 0. The van der Waals surface area contributed by atoms with Crippen molar-refractivity contribution in [1.29, 1.82) is 0 Å². The van der Waals surface area contributed by atoms with Crippen LogP contribution in [-0.2, 0) is 13.1 Å². The first-order valence-electron chi connectivity index (χ1n) is 12.0. The van der Waals surface area contributed by atoms with Gasteiger partial charge in [0.15, 0.2) is 0 Å². The van der Waals surface area contributed by atoms with E-state index in [-0.39, 0.29) is 5.91 Å². The third-order valence-electron chi connectivity index (χ3n) is 6.26. The van der Waals surface area contributed by atoms with E-state index >= 15 is 0 Å². The molecule has 3 aromatic carbocycles. The van der Waals surface area contributed by atoms with Crippen molar-refractivity contribution in [2.24, 2.45) is 0 Å². The van der Waals surface area contributed by atoms with Crippen LogP contribution < -0.4 is 5.32 Å². The molecule has 0 aliphatic heterocycles. The van der Waals surface area contributed by atoms with E-state index < -0.39 is 0 Å². The zero-order chi connectivity index (χ0) is 25.0.